The lowest BCUT2D eigenvalue weighted by Crippen LogP contribution is -2.41. The van der Waals surface area contributed by atoms with Crippen molar-refractivity contribution in [3.8, 4) is 0 Å². The summed E-state index contributed by atoms with van der Waals surface area (Å²) in [6.45, 7) is 8.93. The quantitative estimate of drug-likeness (QED) is 0.500. The molecule has 9 heteroatoms. The summed E-state index contributed by atoms with van der Waals surface area (Å²) in [4.78, 5) is 14.5. The van der Waals surface area contributed by atoms with Gasteiger partial charge < -0.3 is 15.4 Å². The molecule has 1 aromatic carbocycles. The number of benzene rings is 1. The number of carbonyl (C=O) groups is 1. The molecule has 0 bridgehead atoms. The highest BCUT2D eigenvalue weighted by Gasteiger charge is 2.16. The minimum atomic E-state index is -3.53. The molecular weight excluding hydrogens is 368 g/mol. The van der Waals surface area contributed by atoms with Crippen LogP contribution in [-0.2, 0) is 19.6 Å². The van der Waals surface area contributed by atoms with Crippen molar-refractivity contribution in [3.05, 3.63) is 24.3 Å². The molecule has 1 aliphatic rings. The Hall–Kier alpha value is -1.52. The number of amides is 1. The smallest absolute Gasteiger partial charge is 0.240 e. The third-order valence-electron chi connectivity index (χ3n) is 4.41. The van der Waals surface area contributed by atoms with Gasteiger partial charge in [-0.25, -0.2) is 13.1 Å². The minimum absolute atomic E-state index is 0.127. The van der Waals surface area contributed by atoms with Crippen molar-refractivity contribution in [1.29, 1.82) is 0 Å². The third kappa shape index (κ3) is 7.55. The molecule has 1 atom stereocenters. The fourth-order valence-electron chi connectivity index (χ4n) is 2.60. The SMILES string of the molecule is CC[C@H](C)NS(=O)(=O)c1ccc(NC(=O)CNCCN2CCOCC2)cc1. The maximum atomic E-state index is 12.2. The van der Waals surface area contributed by atoms with Gasteiger partial charge in [0.05, 0.1) is 24.7 Å². The standard InChI is InChI=1S/C18H30N4O4S/c1-3-15(2)21-27(24,25)17-6-4-16(5-7-17)20-18(23)14-19-8-9-22-10-12-26-13-11-22/h4-7,15,19,21H,3,8-14H2,1-2H3,(H,20,23)/t15-/m0/s1. The van der Waals surface area contributed by atoms with E-state index < -0.39 is 10.0 Å². The predicted molar refractivity (Wildman–Crippen MR) is 105 cm³/mol. The van der Waals surface area contributed by atoms with Gasteiger partial charge in [-0.15, -0.1) is 0 Å². The highest BCUT2D eigenvalue weighted by atomic mass is 32.2. The topological polar surface area (TPSA) is 99.8 Å². The van der Waals surface area contributed by atoms with Crippen LogP contribution in [0.2, 0.25) is 0 Å². The van der Waals surface area contributed by atoms with E-state index in [0.717, 1.165) is 39.4 Å². The fourth-order valence-corrected chi connectivity index (χ4v) is 3.93. The van der Waals surface area contributed by atoms with E-state index in [0.29, 0.717) is 12.1 Å². The molecule has 0 aromatic heterocycles. The second-order valence-electron chi connectivity index (χ2n) is 6.63. The van der Waals surface area contributed by atoms with E-state index in [2.05, 4.69) is 20.3 Å². The van der Waals surface area contributed by atoms with Crippen LogP contribution < -0.4 is 15.4 Å². The lowest BCUT2D eigenvalue weighted by atomic mass is 10.3. The van der Waals surface area contributed by atoms with Crippen molar-refractivity contribution < 1.29 is 17.9 Å². The van der Waals surface area contributed by atoms with Crippen molar-refractivity contribution in [2.45, 2.75) is 31.2 Å². The predicted octanol–water partition coefficient (Wildman–Crippen LogP) is 0.624. The molecule has 3 N–H and O–H groups in total. The number of nitrogens with zero attached hydrogens (tertiary/aromatic N) is 1. The monoisotopic (exact) mass is 398 g/mol. The molecule has 8 nitrogen and oxygen atoms in total. The Kier molecular flexibility index (Phi) is 8.65. The largest absolute Gasteiger partial charge is 0.379 e. The molecule has 0 spiro atoms. The molecule has 1 aliphatic heterocycles. The number of hydrogen-bond donors (Lipinski definition) is 3. The molecule has 0 radical (unpaired) electrons. The molecule has 1 heterocycles. The van der Waals surface area contributed by atoms with Crippen molar-refractivity contribution in [2.24, 2.45) is 0 Å². The van der Waals surface area contributed by atoms with Gasteiger partial charge in [-0.05, 0) is 37.6 Å². The second kappa shape index (κ2) is 10.7. The number of rotatable bonds is 10. The first-order chi connectivity index (χ1) is 12.9. The molecule has 27 heavy (non-hydrogen) atoms. The van der Waals surface area contributed by atoms with E-state index in [4.69, 9.17) is 4.74 Å². The van der Waals surface area contributed by atoms with Crippen LogP contribution in [-0.4, -0.2) is 71.2 Å². The van der Waals surface area contributed by atoms with Gasteiger partial charge in [0.15, 0.2) is 0 Å². The van der Waals surface area contributed by atoms with Gasteiger partial charge in [-0.2, -0.15) is 0 Å². The van der Waals surface area contributed by atoms with Crippen LogP contribution in [0.25, 0.3) is 0 Å². The number of morpholine rings is 1. The lowest BCUT2D eigenvalue weighted by molar-refractivity contribution is -0.115. The minimum Gasteiger partial charge on any atom is -0.379 e. The van der Waals surface area contributed by atoms with Gasteiger partial charge in [-0.3, -0.25) is 9.69 Å². The number of nitrogens with one attached hydrogen (secondary N) is 3. The van der Waals surface area contributed by atoms with Crippen LogP contribution in [0.5, 0.6) is 0 Å². The fraction of sp³-hybridized carbons (Fsp3) is 0.611. The number of anilines is 1. The van der Waals surface area contributed by atoms with E-state index >= 15 is 0 Å². The molecule has 1 saturated heterocycles. The molecule has 1 amide bonds. The summed E-state index contributed by atoms with van der Waals surface area (Å²) in [6.07, 6.45) is 0.714. The Morgan fingerprint density at radius 2 is 1.89 bits per heavy atom. The summed E-state index contributed by atoms with van der Waals surface area (Å²) in [5, 5.41) is 5.88. The zero-order valence-electron chi connectivity index (χ0n) is 16.0. The van der Waals surface area contributed by atoms with Gasteiger partial charge in [0.25, 0.3) is 0 Å². The van der Waals surface area contributed by atoms with Crippen LogP contribution in [0.15, 0.2) is 29.2 Å². The van der Waals surface area contributed by atoms with Crippen molar-refractivity contribution in [3.63, 3.8) is 0 Å². The summed E-state index contributed by atoms with van der Waals surface area (Å²) in [5.74, 6) is -0.162. The van der Waals surface area contributed by atoms with Gasteiger partial charge in [0, 0.05) is 37.9 Å². The molecule has 1 aromatic rings. The zero-order valence-corrected chi connectivity index (χ0v) is 16.8. The number of hydrogen-bond acceptors (Lipinski definition) is 6. The van der Waals surface area contributed by atoms with E-state index in [-0.39, 0.29) is 23.4 Å². The van der Waals surface area contributed by atoms with E-state index in [1.54, 1.807) is 12.1 Å². The van der Waals surface area contributed by atoms with E-state index in [9.17, 15) is 13.2 Å². The second-order valence-corrected chi connectivity index (χ2v) is 8.35. The normalized spacial score (nSPS) is 16.8. The molecule has 152 valence electrons. The highest BCUT2D eigenvalue weighted by molar-refractivity contribution is 7.89. The Bertz CT molecular complexity index is 688. The van der Waals surface area contributed by atoms with Gasteiger partial charge in [-0.1, -0.05) is 6.92 Å². The highest BCUT2D eigenvalue weighted by Crippen LogP contribution is 2.14. The summed E-state index contributed by atoms with van der Waals surface area (Å²) in [7, 11) is -3.53. The maximum Gasteiger partial charge on any atom is 0.240 e. The van der Waals surface area contributed by atoms with Crippen LogP contribution >= 0.6 is 0 Å². The van der Waals surface area contributed by atoms with Crippen LogP contribution in [0.3, 0.4) is 0 Å². The Labute approximate surface area is 161 Å². The summed E-state index contributed by atoms with van der Waals surface area (Å²) in [5.41, 5.74) is 0.567. The Balaban J connectivity index is 1.74. The molecule has 0 unspecified atom stereocenters. The summed E-state index contributed by atoms with van der Waals surface area (Å²) >= 11 is 0. The van der Waals surface area contributed by atoms with Crippen LogP contribution in [0.4, 0.5) is 5.69 Å². The first-order valence-corrected chi connectivity index (χ1v) is 10.8. The zero-order chi connectivity index (χ0) is 19.7. The maximum absolute atomic E-state index is 12.2. The number of ether oxygens (including phenoxy) is 1. The lowest BCUT2D eigenvalue weighted by Gasteiger charge is -2.26. The molecule has 1 fully saturated rings. The average molecular weight is 399 g/mol. The Morgan fingerprint density at radius 1 is 1.22 bits per heavy atom. The van der Waals surface area contributed by atoms with Crippen LogP contribution in [0, 0.1) is 0 Å². The van der Waals surface area contributed by atoms with E-state index in [1.165, 1.54) is 12.1 Å². The summed E-state index contributed by atoms with van der Waals surface area (Å²) < 4.78 is 32.3. The van der Waals surface area contributed by atoms with E-state index in [1.807, 2.05) is 13.8 Å². The third-order valence-corrected chi connectivity index (χ3v) is 6.02. The van der Waals surface area contributed by atoms with Crippen molar-refractivity contribution >= 4 is 21.6 Å². The Morgan fingerprint density at radius 3 is 2.52 bits per heavy atom. The summed E-state index contributed by atoms with van der Waals surface area (Å²) in [6, 6.07) is 6.05. The van der Waals surface area contributed by atoms with Gasteiger partial charge >= 0.3 is 0 Å². The van der Waals surface area contributed by atoms with Gasteiger partial charge in [0.2, 0.25) is 15.9 Å². The first kappa shape index (κ1) is 21.8. The first-order valence-electron chi connectivity index (χ1n) is 9.34. The van der Waals surface area contributed by atoms with Crippen molar-refractivity contribution in [2.75, 3.05) is 51.3 Å². The molecular formula is C18H30N4O4S. The van der Waals surface area contributed by atoms with Crippen molar-refractivity contribution in [1.82, 2.24) is 14.9 Å². The molecule has 2 rings (SSSR count). The van der Waals surface area contributed by atoms with Crippen LogP contribution in [0.1, 0.15) is 20.3 Å². The number of sulfonamides is 1. The van der Waals surface area contributed by atoms with Gasteiger partial charge in [0.1, 0.15) is 0 Å². The molecule has 0 aliphatic carbocycles. The number of carbonyl (C=O) groups excluding carboxylic acids is 1. The molecule has 0 saturated carbocycles. The average Bonchev–Trinajstić information content (AvgIpc) is 2.66.